The van der Waals surface area contributed by atoms with Crippen molar-refractivity contribution in [2.45, 2.75) is 105 Å². The SMILES string of the molecule is CCCCCc1c(CCCC)c(OC(C)(C)C)nc2c(C(C)C)cccc12. The van der Waals surface area contributed by atoms with Gasteiger partial charge in [-0.1, -0.05) is 65.2 Å². The Morgan fingerprint density at radius 2 is 1.59 bits per heavy atom. The van der Waals surface area contributed by atoms with Crippen LogP contribution in [0.15, 0.2) is 18.2 Å². The summed E-state index contributed by atoms with van der Waals surface area (Å²) in [4.78, 5) is 5.10. The fourth-order valence-corrected chi connectivity index (χ4v) is 3.68. The molecule has 0 fully saturated rings. The van der Waals surface area contributed by atoms with E-state index in [0.29, 0.717) is 5.92 Å². The molecule has 1 aromatic carbocycles. The number of benzene rings is 1. The molecule has 2 nitrogen and oxygen atoms in total. The van der Waals surface area contributed by atoms with Crippen molar-refractivity contribution in [1.82, 2.24) is 4.98 Å². The summed E-state index contributed by atoms with van der Waals surface area (Å²) in [7, 11) is 0. The second-order valence-corrected chi connectivity index (χ2v) is 9.05. The van der Waals surface area contributed by atoms with Gasteiger partial charge in [-0.15, -0.1) is 0 Å². The zero-order chi connectivity index (χ0) is 20.0. The summed E-state index contributed by atoms with van der Waals surface area (Å²) < 4.78 is 6.41. The largest absolute Gasteiger partial charge is 0.472 e. The van der Waals surface area contributed by atoms with Crippen LogP contribution < -0.4 is 4.74 Å². The van der Waals surface area contributed by atoms with Gasteiger partial charge in [-0.05, 0) is 63.5 Å². The third-order valence-electron chi connectivity index (χ3n) is 5.06. The number of fused-ring (bicyclic) bond motifs is 1. The molecule has 0 saturated carbocycles. The Morgan fingerprint density at radius 1 is 0.926 bits per heavy atom. The van der Waals surface area contributed by atoms with E-state index in [9.17, 15) is 0 Å². The zero-order valence-corrected chi connectivity index (χ0v) is 18.6. The quantitative estimate of drug-likeness (QED) is 0.424. The van der Waals surface area contributed by atoms with Gasteiger partial charge in [0.15, 0.2) is 0 Å². The van der Waals surface area contributed by atoms with E-state index in [4.69, 9.17) is 9.72 Å². The number of hydrogen-bond donors (Lipinski definition) is 0. The summed E-state index contributed by atoms with van der Waals surface area (Å²) in [6, 6.07) is 6.70. The Labute approximate surface area is 166 Å². The van der Waals surface area contributed by atoms with Gasteiger partial charge in [0, 0.05) is 10.9 Å². The third kappa shape index (κ3) is 5.70. The van der Waals surface area contributed by atoms with Crippen LogP contribution in [0, 0.1) is 0 Å². The first-order valence-electron chi connectivity index (χ1n) is 10.9. The summed E-state index contributed by atoms with van der Waals surface area (Å²) >= 11 is 0. The van der Waals surface area contributed by atoms with Crippen molar-refractivity contribution in [3.05, 3.63) is 34.9 Å². The number of nitrogens with zero attached hydrogens (tertiary/aromatic N) is 1. The van der Waals surface area contributed by atoms with Crippen LogP contribution in [0.3, 0.4) is 0 Å². The van der Waals surface area contributed by atoms with Crippen LogP contribution in [-0.4, -0.2) is 10.6 Å². The molecule has 0 atom stereocenters. The Morgan fingerprint density at radius 3 is 2.19 bits per heavy atom. The second kappa shape index (κ2) is 9.57. The van der Waals surface area contributed by atoms with Gasteiger partial charge in [-0.2, -0.15) is 0 Å². The molecular formula is C25H39NO. The second-order valence-electron chi connectivity index (χ2n) is 9.05. The van der Waals surface area contributed by atoms with Crippen LogP contribution in [0.4, 0.5) is 0 Å². The smallest absolute Gasteiger partial charge is 0.217 e. The van der Waals surface area contributed by atoms with Crippen LogP contribution in [0.1, 0.15) is 103 Å². The van der Waals surface area contributed by atoms with Crippen LogP contribution in [-0.2, 0) is 12.8 Å². The Bertz CT molecular complexity index is 740. The first-order valence-corrected chi connectivity index (χ1v) is 10.9. The summed E-state index contributed by atoms with van der Waals surface area (Å²) in [5.74, 6) is 1.32. The van der Waals surface area contributed by atoms with Gasteiger partial charge >= 0.3 is 0 Å². The third-order valence-corrected chi connectivity index (χ3v) is 5.06. The molecule has 0 N–H and O–H groups in total. The summed E-state index contributed by atoms with van der Waals surface area (Å²) in [5.41, 5.74) is 5.04. The number of aromatic nitrogens is 1. The number of pyridine rings is 1. The first-order chi connectivity index (χ1) is 12.8. The molecule has 27 heavy (non-hydrogen) atoms. The standard InChI is InChI=1S/C25H39NO/c1-8-10-12-15-20-21-17-13-16-19(18(3)4)23(21)26-24(27-25(5,6)7)22(20)14-11-9-2/h13,16-18H,8-12,14-15H2,1-7H3. The molecule has 0 aliphatic rings. The lowest BCUT2D eigenvalue weighted by molar-refractivity contribution is 0.123. The highest BCUT2D eigenvalue weighted by Gasteiger charge is 2.22. The molecule has 1 heterocycles. The molecule has 0 unspecified atom stereocenters. The Kier molecular flexibility index (Phi) is 7.70. The van der Waals surface area contributed by atoms with Crippen LogP contribution in [0.25, 0.3) is 10.9 Å². The van der Waals surface area contributed by atoms with Crippen molar-refractivity contribution in [2.75, 3.05) is 0 Å². The number of hydrogen-bond acceptors (Lipinski definition) is 2. The van der Waals surface area contributed by atoms with Crippen molar-refractivity contribution in [3.8, 4) is 5.88 Å². The zero-order valence-electron chi connectivity index (χ0n) is 18.6. The number of aryl methyl sites for hydroxylation is 1. The van der Waals surface area contributed by atoms with Crippen molar-refractivity contribution in [1.29, 1.82) is 0 Å². The monoisotopic (exact) mass is 369 g/mol. The van der Waals surface area contributed by atoms with Gasteiger partial charge in [0.1, 0.15) is 5.60 Å². The maximum atomic E-state index is 6.41. The molecule has 2 rings (SSSR count). The minimum Gasteiger partial charge on any atom is -0.472 e. The fourth-order valence-electron chi connectivity index (χ4n) is 3.68. The summed E-state index contributed by atoms with van der Waals surface area (Å²) in [6.45, 7) is 15.4. The number of rotatable bonds is 9. The maximum Gasteiger partial charge on any atom is 0.217 e. The lowest BCUT2D eigenvalue weighted by Crippen LogP contribution is -2.25. The molecular weight excluding hydrogens is 330 g/mol. The Hall–Kier alpha value is -1.57. The van der Waals surface area contributed by atoms with E-state index >= 15 is 0 Å². The lowest BCUT2D eigenvalue weighted by atomic mass is 9.91. The fraction of sp³-hybridized carbons (Fsp3) is 0.640. The van der Waals surface area contributed by atoms with Gasteiger partial charge in [0.25, 0.3) is 0 Å². The Balaban J connectivity index is 2.72. The molecule has 0 aliphatic carbocycles. The first kappa shape index (κ1) is 21.7. The highest BCUT2D eigenvalue weighted by molar-refractivity contribution is 5.87. The molecule has 2 aromatic rings. The van der Waals surface area contributed by atoms with Crippen molar-refractivity contribution >= 4 is 10.9 Å². The maximum absolute atomic E-state index is 6.41. The van der Waals surface area contributed by atoms with Crippen molar-refractivity contribution in [2.24, 2.45) is 0 Å². The topological polar surface area (TPSA) is 22.1 Å². The molecule has 0 radical (unpaired) electrons. The molecule has 150 valence electrons. The molecule has 2 heteroatoms. The normalized spacial score (nSPS) is 12.1. The highest BCUT2D eigenvalue weighted by Crippen LogP contribution is 2.35. The number of ether oxygens (including phenoxy) is 1. The molecule has 0 amide bonds. The minimum absolute atomic E-state index is 0.241. The minimum atomic E-state index is -0.241. The van der Waals surface area contributed by atoms with Gasteiger partial charge < -0.3 is 4.74 Å². The van der Waals surface area contributed by atoms with E-state index in [-0.39, 0.29) is 5.60 Å². The van der Waals surface area contributed by atoms with E-state index < -0.39 is 0 Å². The lowest BCUT2D eigenvalue weighted by Gasteiger charge is -2.25. The highest BCUT2D eigenvalue weighted by atomic mass is 16.5. The van der Waals surface area contributed by atoms with E-state index in [1.807, 2.05) is 0 Å². The molecule has 0 aliphatic heterocycles. The molecule has 1 aromatic heterocycles. The van der Waals surface area contributed by atoms with Crippen LogP contribution in [0.2, 0.25) is 0 Å². The van der Waals surface area contributed by atoms with E-state index in [1.165, 1.54) is 54.2 Å². The van der Waals surface area contributed by atoms with Crippen molar-refractivity contribution in [3.63, 3.8) is 0 Å². The average molecular weight is 370 g/mol. The molecule has 0 bridgehead atoms. The van der Waals surface area contributed by atoms with E-state index in [0.717, 1.165) is 24.2 Å². The average Bonchev–Trinajstić information content (AvgIpc) is 2.59. The number of unbranched alkanes of at least 4 members (excludes halogenated alkanes) is 3. The predicted octanol–water partition coefficient (Wildman–Crippen LogP) is 7.61. The van der Waals surface area contributed by atoms with Crippen LogP contribution in [0.5, 0.6) is 5.88 Å². The van der Waals surface area contributed by atoms with Gasteiger partial charge in [-0.3, -0.25) is 0 Å². The van der Waals surface area contributed by atoms with E-state index in [2.05, 4.69) is 66.7 Å². The van der Waals surface area contributed by atoms with Crippen molar-refractivity contribution < 1.29 is 4.74 Å². The van der Waals surface area contributed by atoms with Crippen LogP contribution >= 0.6 is 0 Å². The summed E-state index contributed by atoms with van der Waals surface area (Å²) in [5, 5.41) is 1.34. The van der Waals surface area contributed by atoms with Gasteiger partial charge in [-0.25, -0.2) is 4.98 Å². The van der Waals surface area contributed by atoms with Gasteiger partial charge in [0.05, 0.1) is 5.52 Å². The van der Waals surface area contributed by atoms with Gasteiger partial charge in [0.2, 0.25) is 5.88 Å². The number of para-hydroxylation sites is 1. The summed E-state index contributed by atoms with van der Waals surface area (Å²) in [6.07, 6.45) is 8.29. The molecule has 0 spiro atoms. The predicted molar refractivity (Wildman–Crippen MR) is 118 cm³/mol. The van der Waals surface area contributed by atoms with E-state index in [1.54, 1.807) is 0 Å². The molecule has 0 saturated heterocycles.